The summed E-state index contributed by atoms with van der Waals surface area (Å²) in [5, 5.41) is 22.0. The Labute approximate surface area is 109 Å². The quantitative estimate of drug-likeness (QED) is 0.371. The molecule has 0 aliphatic rings. The fourth-order valence-corrected chi connectivity index (χ4v) is 1.51. The zero-order valence-corrected chi connectivity index (χ0v) is 10.3. The molecule has 0 aromatic carbocycles. The van der Waals surface area contributed by atoms with Gasteiger partial charge >= 0.3 is 11.7 Å². The van der Waals surface area contributed by atoms with Gasteiger partial charge in [-0.3, -0.25) is 14.9 Å². The Bertz CT molecular complexity index is 464. The predicted molar refractivity (Wildman–Crippen MR) is 69.9 cm³/mol. The molecule has 1 aromatic heterocycles. The molecule has 1 rings (SSSR count). The number of anilines is 2. The van der Waals surface area contributed by atoms with E-state index in [1.165, 1.54) is 12.1 Å². The van der Waals surface area contributed by atoms with Gasteiger partial charge in [0, 0.05) is 19.0 Å². The summed E-state index contributed by atoms with van der Waals surface area (Å²) in [7, 11) is 0. The second-order valence-electron chi connectivity index (χ2n) is 3.99. The van der Waals surface area contributed by atoms with E-state index in [1.54, 1.807) is 0 Å². The topological polar surface area (TPSA) is 131 Å². The number of rotatable bonds is 8. The number of nitrogen functional groups attached to an aromatic ring is 1. The standard InChI is InChI=1S/C11H16N4O4/c12-11-8(15(18)19)5-6-9(14-11)13-7-3-1-2-4-10(16)17/h5-6H,1-4,7H2,(H,16,17)(H3,12,13,14). The van der Waals surface area contributed by atoms with Gasteiger partial charge in [0.25, 0.3) is 0 Å². The van der Waals surface area contributed by atoms with Crippen LogP contribution < -0.4 is 11.1 Å². The summed E-state index contributed by atoms with van der Waals surface area (Å²) in [6.07, 6.45) is 2.39. The van der Waals surface area contributed by atoms with Gasteiger partial charge in [0.1, 0.15) is 5.82 Å². The van der Waals surface area contributed by atoms with Crippen LogP contribution in [0.5, 0.6) is 0 Å². The van der Waals surface area contributed by atoms with Crippen LogP contribution in [-0.4, -0.2) is 27.5 Å². The van der Waals surface area contributed by atoms with Crippen molar-refractivity contribution in [1.82, 2.24) is 4.98 Å². The number of aromatic nitrogens is 1. The third-order valence-corrected chi connectivity index (χ3v) is 2.47. The third-order valence-electron chi connectivity index (χ3n) is 2.47. The predicted octanol–water partition coefficient (Wildman–Crippen LogP) is 1.63. The highest BCUT2D eigenvalue weighted by molar-refractivity contribution is 5.66. The first-order chi connectivity index (χ1) is 9.00. The SMILES string of the molecule is Nc1nc(NCCCCCC(=O)O)ccc1[N+](=O)[O-]. The summed E-state index contributed by atoms with van der Waals surface area (Å²) in [5.41, 5.74) is 5.23. The zero-order valence-electron chi connectivity index (χ0n) is 10.3. The van der Waals surface area contributed by atoms with Gasteiger partial charge in [0.2, 0.25) is 5.82 Å². The average Bonchev–Trinajstić information content (AvgIpc) is 2.32. The van der Waals surface area contributed by atoms with Crippen LogP contribution in [0, 0.1) is 10.1 Å². The van der Waals surface area contributed by atoms with E-state index < -0.39 is 10.9 Å². The lowest BCUT2D eigenvalue weighted by Gasteiger charge is -2.05. The summed E-state index contributed by atoms with van der Waals surface area (Å²) >= 11 is 0. The lowest BCUT2D eigenvalue weighted by Crippen LogP contribution is -2.06. The van der Waals surface area contributed by atoms with Gasteiger partial charge in [0.05, 0.1) is 4.92 Å². The molecule has 1 aromatic rings. The normalized spacial score (nSPS) is 10.1. The minimum atomic E-state index is -0.794. The Balaban J connectivity index is 2.32. The van der Waals surface area contributed by atoms with Crippen molar-refractivity contribution in [3.63, 3.8) is 0 Å². The number of carboxylic acids is 1. The molecule has 0 atom stereocenters. The molecule has 8 nitrogen and oxygen atoms in total. The lowest BCUT2D eigenvalue weighted by atomic mass is 10.2. The molecule has 0 unspecified atom stereocenters. The number of hydrogen-bond donors (Lipinski definition) is 3. The van der Waals surface area contributed by atoms with Crippen LogP contribution in [-0.2, 0) is 4.79 Å². The maximum Gasteiger partial charge on any atom is 0.311 e. The first-order valence-corrected chi connectivity index (χ1v) is 5.87. The monoisotopic (exact) mass is 268 g/mol. The molecule has 4 N–H and O–H groups in total. The summed E-state index contributed by atoms with van der Waals surface area (Å²) < 4.78 is 0. The molecule has 0 bridgehead atoms. The number of carboxylic acid groups (broad SMARTS) is 1. The van der Waals surface area contributed by atoms with Crippen LogP contribution in [0.4, 0.5) is 17.3 Å². The second-order valence-corrected chi connectivity index (χ2v) is 3.99. The van der Waals surface area contributed by atoms with Crippen LogP contribution in [0.25, 0.3) is 0 Å². The van der Waals surface area contributed by atoms with Crippen molar-refractivity contribution in [2.75, 3.05) is 17.6 Å². The van der Waals surface area contributed by atoms with Crippen molar-refractivity contribution in [3.8, 4) is 0 Å². The molecule has 0 amide bonds. The van der Waals surface area contributed by atoms with Gasteiger partial charge in [-0.1, -0.05) is 6.42 Å². The van der Waals surface area contributed by atoms with Crippen molar-refractivity contribution in [1.29, 1.82) is 0 Å². The summed E-state index contributed by atoms with van der Waals surface area (Å²) in [5.74, 6) is -0.444. The van der Waals surface area contributed by atoms with E-state index in [4.69, 9.17) is 10.8 Å². The van der Waals surface area contributed by atoms with Crippen molar-refractivity contribution >= 4 is 23.3 Å². The number of aliphatic carboxylic acids is 1. The molecule has 0 saturated heterocycles. The highest BCUT2D eigenvalue weighted by Crippen LogP contribution is 2.20. The van der Waals surface area contributed by atoms with E-state index in [0.29, 0.717) is 18.8 Å². The molecule has 8 heteroatoms. The molecular formula is C11H16N4O4. The smallest absolute Gasteiger partial charge is 0.311 e. The van der Waals surface area contributed by atoms with Crippen LogP contribution in [0.15, 0.2) is 12.1 Å². The van der Waals surface area contributed by atoms with Crippen LogP contribution in [0.2, 0.25) is 0 Å². The van der Waals surface area contributed by atoms with Crippen molar-refractivity contribution in [3.05, 3.63) is 22.2 Å². The largest absolute Gasteiger partial charge is 0.481 e. The van der Waals surface area contributed by atoms with E-state index in [2.05, 4.69) is 10.3 Å². The average molecular weight is 268 g/mol. The number of unbranched alkanes of at least 4 members (excludes halogenated alkanes) is 2. The molecule has 0 aliphatic heterocycles. The van der Waals surface area contributed by atoms with Gasteiger partial charge in [-0.2, -0.15) is 0 Å². The van der Waals surface area contributed by atoms with Crippen molar-refractivity contribution in [2.45, 2.75) is 25.7 Å². The minimum Gasteiger partial charge on any atom is -0.481 e. The van der Waals surface area contributed by atoms with E-state index >= 15 is 0 Å². The third kappa shape index (κ3) is 5.19. The maximum absolute atomic E-state index is 10.5. The first kappa shape index (κ1) is 14.7. The number of pyridine rings is 1. The lowest BCUT2D eigenvalue weighted by molar-refractivity contribution is -0.384. The summed E-state index contributed by atoms with van der Waals surface area (Å²) in [4.78, 5) is 24.1. The number of carbonyl (C=O) groups is 1. The Morgan fingerprint density at radius 1 is 1.42 bits per heavy atom. The van der Waals surface area contributed by atoms with Crippen molar-refractivity contribution in [2.24, 2.45) is 0 Å². The molecule has 0 spiro atoms. The van der Waals surface area contributed by atoms with Gasteiger partial charge < -0.3 is 16.2 Å². The van der Waals surface area contributed by atoms with Crippen LogP contribution >= 0.6 is 0 Å². The highest BCUT2D eigenvalue weighted by Gasteiger charge is 2.12. The fraction of sp³-hybridized carbons (Fsp3) is 0.455. The Morgan fingerprint density at radius 2 is 2.16 bits per heavy atom. The summed E-state index contributed by atoms with van der Waals surface area (Å²) in [6.45, 7) is 0.615. The summed E-state index contributed by atoms with van der Waals surface area (Å²) in [6, 6.07) is 2.79. The van der Waals surface area contributed by atoms with Gasteiger partial charge in [-0.15, -0.1) is 0 Å². The second kappa shape index (κ2) is 7.14. The molecular weight excluding hydrogens is 252 g/mol. The van der Waals surface area contributed by atoms with Crippen LogP contribution in [0.1, 0.15) is 25.7 Å². The molecule has 0 fully saturated rings. The van der Waals surface area contributed by atoms with Crippen molar-refractivity contribution < 1.29 is 14.8 Å². The van der Waals surface area contributed by atoms with Gasteiger partial charge in [0.15, 0.2) is 0 Å². The van der Waals surface area contributed by atoms with E-state index in [0.717, 1.165) is 12.8 Å². The fourth-order valence-electron chi connectivity index (χ4n) is 1.51. The zero-order chi connectivity index (χ0) is 14.3. The minimum absolute atomic E-state index is 0.124. The molecule has 104 valence electrons. The molecule has 0 saturated carbocycles. The number of nitrogens with zero attached hydrogens (tertiary/aromatic N) is 2. The van der Waals surface area contributed by atoms with E-state index in [1.807, 2.05) is 0 Å². The van der Waals surface area contributed by atoms with Gasteiger partial charge in [-0.05, 0) is 18.9 Å². The van der Waals surface area contributed by atoms with Crippen LogP contribution in [0.3, 0.4) is 0 Å². The maximum atomic E-state index is 10.5. The van der Waals surface area contributed by atoms with E-state index in [9.17, 15) is 14.9 Å². The Kier molecular flexibility index (Phi) is 5.52. The highest BCUT2D eigenvalue weighted by atomic mass is 16.6. The Hall–Kier alpha value is -2.38. The number of nitrogens with two attached hydrogens (primary N) is 1. The molecule has 1 heterocycles. The van der Waals surface area contributed by atoms with Gasteiger partial charge in [-0.25, -0.2) is 4.98 Å². The number of nitro groups is 1. The molecule has 0 radical (unpaired) electrons. The number of hydrogen-bond acceptors (Lipinski definition) is 6. The molecule has 0 aliphatic carbocycles. The first-order valence-electron chi connectivity index (χ1n) is 5.87. The Morgan fingerprint density at radius 3 is 2.74 bits per heavy atom. The molecule has 19 heavy (non-hydrogen) atoms. The number of nitrogens with one attached hydrogen (secondary N) is 1. The van der Waals surface area contributed by atoms with E-state index in [-0.39, 0.29) is 17.9 Å².